The van der Waals surface area contributed by atoms with Gasteiger partial charge in [0.2, 0.25) is 10.0 Å². The molecule has 2 heterocycles. The van der Waals surface area contributed by atoms with Gasteiger partial charge in [-0.25, -0.2) is 8.42 Å². The second-order valence-electron chi connectivity index (χ2n) is 7.49. The average molecular weight is 435 g/mol. The van der Waals surface area contributed by atoms with Gasteiger partial charge in [-0.3, -0.25) is 4.79 Å². The van der Waals surface area contributed by atoms with E-state index in [2.05, 4.69) is 5.32 Å². The molecule has 0 spiro atoms. The molecular weight excluding hydrogens is 408 g/mol. The van der Waals surface area contributed by atoms with E-state index >= 15 is 0 Å². The fraction of sp³-hybridized carbons (Fsp3) is 0.476. The van der Waals surface area contributed by atoms with Crippen molar-refractivity contribution in [3.63, 3.8) is 0 Å². The molecule has 1 aliphatic heterocycles. The molecule has 2 aromatic rings. The number of thiophene rings is 1. The predicted molar refractivity (Wildman–Crippen MR) is 114 cm³/mol. The number of hydrogen-bond donors (Lipinski definition) is 1. The third-order valence-electron chi connectivity index (χ3n) is 5.48. The summed E-state index contributed by atoms with van der Waals surface area (Å²) in [6.45, 7) is 1.97. The van der Waals surface area contributed by atoms with Crippen LogP contribution in [0.25, 0.3) is 0 Å². The number of benzene rings is 1. The molecule has 6 nitrogen and oxygen atoms in total. The molecule has 0 radical (unpaired) electrons. The molecule has 0 atom stereocenters. The molecule has 1 amide bonds. The monoisotopic (exact) mass is 434 g/mol. The van der Waals surface area contributed by atoms with Crippen molar-refractivity contribution in [1.82, 2.24) is 9.62 Å². The number of hydrogen-bond acceptors (Lipinski definition) is 5. The van der Waals surface area contributed by atoms with Crippen LogP contribution >= 0.6 is 11.3 Å². The van der Waals surface area contributed by atoms with Crippen molar-refractivity contribution in [3.05, 3.63) is 56.8 Å². The van der Waals surface area contributed by atoms with E-state index in [4.69, 9.17) is 4.74 Å². The molecule has 8 heteroatoms. The van der Waals surface area contributed by atoms with Crippen molar-refractivity contribution in [1.29, 1.82) is 0 Å². The Bertz CT molecular complexity index is 955. The fourth-order valence-electron chi connectivity index (χ4n) is 3.85. The van der Waals surface area contributed by atoms with Crippen LogP contribution in [0.4, 0.5) is 0 Å². The van der Waals surface area contributed by atoms with E-state index in [9.17, 15) is 13.2 Å². The van der Waals surface area contributed by atoms with Crippen molar-refractivity contribution in [2.45, 2.75) is 38.0 Å². The van der Waals surface area contributed by atoms with Gasteiger partial charge < -0.3 is 10.1 Å². The van der Waals surface area contributed by atoms with E-state index in [1.54, 1.807) is 11.3 Å². The van der Waals surface area contributed by atoms with Crippen LogP contribution in [0, 0.1) is 0 Å². The van der Waals surface area contributed by atoms with E-state index < -0.39 is 10.0 Å². The van der Waals surface area contributed by atoms with Crippen molar-refractivity contribution < 1.29 is 17.9 Å². The first-order chi connectivity index (χ1) is 14.0. The highest BCUT2D eigenvalue weighted by Gasteiger charge is 2.25. The van der Waals surface area contributed by atoms with Crippen LogP contribution in [0.2, 0.25) is 0 Å². The number of carbonyl (C=O) groups excluding carboxylic acids is 1. The van der Waals surface area contributed by atoms with Crippen LogP contribution in [0.1, 0.15) is 44.1 Å². The molecule has 1 aliphatic carbocycles. The second kappa shape index (κ2) is 8.95. The maximum Gasteiger partial charge on any atom is 0.261 e. The standard InChI is InChI=1S/C21H26N2O4S2/c24-21(20-13-16-5-3-4-8-19(16)28-20)22-14-17-6-1-2-7-18(17)15-29(25,26)23-9-11-27-12-10-23/h1-2,6-7,13H,3-5,8-12,14-15H2,(H,22,24). The minimum absolute atomic E-state index is 0.0632. The Morgan fingerprint density at radius 2 is 1.83 bits per heavy atom. The van der Waals surface area contributed by atoms with Gasteiger partial charge in [0.1, 0.15) is 0 Å². The van der Waals surface area contributed by atoms with Crippen LogP contribution in [-0.2, 0) is 39.9 Å². The van der Waals surface area contributed by atoms with Crippen molar-refractivity contribution in [3.8, 4) is 0 Å². The largest absolute Gasteiger partial charge is 0.379 e. The molecule has 29 heavy (non-hydrogen) atoms. The van der Waals surface area contributed by atoms with Gasteiger partial charge in [0.25, 0.3) is 5.91 Å². The van der Waals surface area contributed by atoms with Crippen LogP contribution in [0.3, 0.4) is 0 Å². The zero-order chi connectivity index (χ0) is 20.3. The van der Waals surface area contributed by atoms with Gasteiger partial charge in [-0.15, -0.1) is 11.3 Å². The van der Waals surface area contributed by atoms with E-state index in [0.717, 1.165) is 28.8 Å². The predicted octanol–water partition coefficient (Wildman–Crippen LogP) is 2.72. The molecule has 0 unspecified atom stereocenters. The highest BCUT2D eigenvalue weighted by molar-refractivity contribution is 7.88. The Labute approximate surface area is 175 Å². The molecule has 156 valence electrons. The molecule has 4 rings (SSSR count). The summed E-state index contributed by atoms with van der Waals surface area (Å²) in [5.74, 6) is -0.151. The summed E-state index contributed by atoms with van der Waals surface area (Å²) in [7, 11) is -3.41. The topological polar surface area (TPSA) is 75.7 Å². The Morgan fingerprint density at radius 1 is 1.10 bits per heavy atom. The number of aryl methyl sites for hydroxylation is 2. The summed E-state index contributed by atoms with van der Waals surface area (Å²) < 4.78 is 32.3. The molecular formula is C21H26N2O4S2. The number of sulfonamides is 1. The number of fused-ring (bicyclic) bond motifs is 1. The molecule has 0 saturated carbocycles. The van der Waals surface area contributed by atoms with Gasteiger partial charge in [-0.1, -0.05) is 24.3 Å². The van der Waals surface area contributed by atoms with Crippen LogP contribution in [0.5, 0.6) is 0 Å². The lowest BCUT2D eigenvalue weighted by atomic mass is 9.99. The Kier molecular flexibility index (Phi) is 6.34. The Morgan fingerprint density at radius 3 is 2.59 bits per heavy atom. The maximum absolute atomic E-state index is 12.8. The number of nitrogens with one attached hydrogen (secondary N) is 1. The minimum Gasteiger partial charge on any atom is -0.379 e. The van der Waals surface area contributed by atoms with E-state index in [1.807, 2.05) is 30.3 Å². The van der Waals surface area contributed by atoms with Crippen molar-refractivity contribution in [2.24, 2.45) is 0 Å². The first-order valence-electron chi connectivity index (χ1n) is 10.0. The summed E-state index contributed by atoms with van der Waals surface area (Å²) in [5, 5.41) is 2.97. The molecule has 0 bridgehead atoms. The van der Waals surface area contributed by atoms with E-state index in [1.165, 1.54) is 27.6 Å². The lowest BCUT2D eigenvalue weighted by molar-refractivity contribution is 0.0729. The first kappa shape index (κ1) is 20.5. The normalized spacial score (nSPS) is 17.7. The van der Waals surface area contributed by atoms with Gasteiger partial charge in [-0.05, 0) is 48.4 Å². The zero-order valence-corrected chi connectivity index (χ0v) is 18.0. The third kappa shape index (κ3) is 4.88. The SMILES string of the molecule is O=C(NCc1ccccc1CS(=O)(=O)N1CCOCC1)c1cc2c(s1)CCCC2. The average Bonchev–Trinajstić information content (AvgIpc) is 3.18. The zero-order valence-electron chi connectivity index (χ0n) is 16.4. The molecule has 1 aromatic carbocycles. The number of rotatable bonds is 6. The maximum atomic E-state index is 12.8. The van der Waals surface area contributed by atoms with Gasteiger partial charge in [0.15, 0.2) is 0 Å². The van der Waals surface area contributed by atoms with Crippen LogP contribution in [0.15, 0.2) is 30.3 Å². The van der Waals surface area contributed by atoms with Crippen LogP contribution in [-0.4, -0.2) is 44.9 Å². The summed E-state index contributed by atoms with van der Waals surface area (Å²) in [4.78, 5) is 14.7. The molecule has 1 fully saturated rings. The minimum atomic E-state index is -3.41. The Hall–Kier alpha value is -1.74. The second-order valence-corrected chi connectivity index (χ2v) is 10.6. The van der Waals surface area contributed by atoms with E-state index in [0.29, 0.717) is 32.8 Å². The van der Waals surface area contributed by atoms with Gasteiger partial charge in [0, 0.05) is 24.5 Å². The summed E-state index contributed by atoms with van der Waals surface area (Å²) in [6.07, 6.45) is 4.51. The smallest absolute Gasteiger partial charge is 0.261 e. The van der Waals surface area contributed by atoms with Crippen LogP contribution < -0.4 is 5.32 Å². The van der Waals surface area contributed by atoms with Gasteiger partial charge in [0.05, 0.1) is 23.8 Å². The first-order valence-corrected chi connectivity index (χ1v) is 12.5. The molecule has 1 saturated heterocycles. The van der Waals surface area contributed by atoms with Crippen molar-refractivity contribution in [2.75, 3.05) is 26.3 Å². The van der Waals surface area contributed by atoms with Gasteiger partial charge >= 0.3 is 0 Å². The molecule has 1 aromatic heterocycles. The molecule has 1 N–H and O–H groups in total. The summed E-state index contributed by atoms with van der Waals surface area (Å²) >= 11 is 1.59. The highest BCUT2D eigenvalue weighted by atomic mass is 32.2. The lowest BCUT2D eigenvalue weighted by Crippen LogP contribution is -2.41. The number of ether oxygens (including phenoxy) is 1. The highest BCUT2D eigenvalue weighted by Crippen LogP contribution is 2.29. The quantitative estimate of drug-likeness (QED) is 0.759. The lowest BCUT2D eigenvalue weighted by Gasteiger charge is -2.26. The number of carbonyl (C=O) groups is 1. The molecule has 2 aliphatic rings. The summed E-state index contributed by atoms with van der Waals surface area (Å²) in [5.41, 5.74) is 2.87. The fourth-order valence-corrected chi connectivity index (χ4v) is 6.58. The van der Waals surface area contributed by atoms with Crippen molar-refractivity contribution >= 4 is 27.3 Å². The van der Waals surface area contributed by atoms with Gasteiger partial charge in [-0.2, -0.15) is 4.31 Å². The number of amides is 1. The number of nitrogens with zero attached hydrogens (tertiary/aromatic N) is 1. The number of morpholine rings is 1. The third-order valence-corrected chi connectivity index (χ3v) is 8.54. The Balaban J connectivity index is 1.43. The summed E-state index contributed by atoms with van der Waals surface area (Å²) in [6, 6.07) is 9.43. The van der Waals surface area contributed by atoms with E-state index in [-0.39, 0.29) is 11.7 Å².